The first-order valence-electron chi connectivity index (χ1n) is 9.27. The fourth-order valence-electron chi connectivity index (χ4n) is 5.07. The van der Waals surface area contributed by atoms with Crippen LogP contribution in [0, 0.1) is 10.8 Å². The van der Waals surface area contributed by atoms with Crippen molar-refractivity contribution in [3.63, 3.8) is 0 Å². The van der Waals surface area contributed by atoms with Gasteiger partial charge < -0.3 is 10.6 Å². The van der Waals surface area contributed by atoms with Gasteiger partial charge >= 0.3 is 0 Å². The number of carbonyl (C=O) groups excluding carboxylic acids is 1. The SMILES string of the molecule is CNC12CC1(CCC1(CCNC=O)CN(Cc3ccccc3)C1)C2. The Labute approximate surface area is 145 Å². The molecule has 2 aliphatic carbocycles. The number of nitrogens with zero attached hydrogens (tertiary/aromatic N) is 1. The van der Waals surface area contributed by atoms with Crippen LogP contribution in [0.1, 0.15) is 37.7 Å². The number of benzene rings is 1. The fourth-order valence-corrected chi connectivity index (χ4v) is 5.07. The highest BCUT2D eigenvalue weighted by atomic mass is 16.1. The third-order valence-corrected chi connectivity index (χ3v) is 6.91. The van der Waals surface area contributed by atoms with Crippen molar-refractivity contribution in [2.24, 2.45) is 10.8 Å². The largest absolute Gasteiger partial charge is 0.359 e. The topological polar surface area (TPSA) is 44.4 Å². The molecule has 2 N–H and O–H groups in total. The highest BCUT2D eigenvalue weighted by Gasteiger charge is 2.81. The van der Waals surface area contributed by atoms with Crippen molar-refractivity contribution in [1.29, 1.82) is 0 Å². The molecule has 1 aromatic rings. The van der Waals surface area contributed by atoms with Crippen molar-refractivity contribution in [1.82, 2.24) is 15.5 Å². The zero-order valence-electron chi connectivity index (χ0n) is 14.7. The van der Waals surface area contributed by atoms with Crippen LogP contribution >= 0.6 is 0 Å². The molecule has 4 rings (SSSR count). The lowest BCUT2D eigenvalue weighted by Gasteiger charge is -2.51. The Hall–Kier alpha value is -1.39. The molecule has 0 unspecified atom stereocenters. The van der Waals surface area contributed by atoms with Gasteiger partial charge in [-0.25, -0.2) is 0 Å². The van der Waals surface area contributed by atoms with Gasteiger partial charge in [-0.1, -0.05) is 30.3 Å². The van der Waals surface area contributed by atoms with Gasteiger partial charge in [-0.15, -0.1) is 0 Å². The van der Waals surface area contributed by atoms with Gasteiger partial charge in [0.25, 0.3) is 0 Å². The van der Waals surface area contributed by atoms with E-state index < -0.39 is 0 Å². The Morgan fingerprint density at radius 2 is 1.88 bits per heavy atom. The van der Waals surface area contributed by atoms with E-state index in [9.17, 15) is 4.79 Å². The summed E-state index contributed by atoms with van der Waals surface area (Å²) in [5.74, 6) is 0. The van der Waals surface area contributed by atoms with Gasteiger partial charge in [0.05, 0.1) is 0 Å². The highest BCUT2D eigenvalue weighted by molar-refractivity contribution is 5.45. The van der Waals surface area contributed by atoms with Gasteiger partial charge in [0.2, 0.25) is 6.41 Å². The molecule has 3 aliphatic rings. The molecule has 2 saturated carbocycles. The number of likely N-dealkylation sites (tertiary alicyclic amines) is 1. The number of fused-ring (bicyclic) bond motifs is 1. The number of hydrogen-bond acceptors (Lipinski definition) is 3. The first kappa shape index (κ1) is 16.1. The molecule has 1 aromatic carbocycles. The number of nitrogens with one attached hydrogen (secondary N) is 2. The van der Waals surface area contributed by atoms with E-state index in [0.29, 0.717) is 16.4 Å². The van der Waals surface area contributed by atoms with E-state index in [0.717, 1.165) is 25.9 Å². The van der Waals surface area contributed by atoms with E-state index in [1.165, 1.54) is 44.3 Å². The molecular weight excluding hydrogens is 298 g/mol. The summed E-state index contributed by atoms with van der Waals surface area (Å²) >= 11 is 0. The predicted molar refractivity (Wildman–Crippen MR) is 95.5 cm³/mol. The number of hydrogen-bond donors (Lipinski definition) is 2. The minimum Gasteiger partial charge on any atom is -0.359 e. The molecular formula is C20H29N3O. The summed E-state index contributed by atoms with van der Waals surface area (Å²) in [5, 5.41) is 6.39. The predicted octanol–water partition coefficient (Wildman–Crippen LogP) is 2.16. The summed E-state index contributed by atoms with van der Waals surface area (Å²) in [4.78, 5) is 13.1. The van der Waals surface area contributed by atoms with Gasteiger partial charge in [0, 0.05) is 31.7 Å². The average molecular weight is 327 g/mol. The maximum absolute atomic E-state index is 10.6. The van der Waals surface area contributed by atoms with Crippen LogP contribution in [0.3, 0.4) is 0 Å². The van der Waals surface area contributed by atoms with Crippen LogP contribution in [-0.2, 0) is 11.3 Å². The van der Waals surface area contributed by atoms with Gasteiger partial charge in [-0.2, -0.15) is 0 Å². The second kappa shape index (κ2) is 5.85. The number of carbonyl (C=O) groups is 1. The minimum absolute atomic E-state index is 0.407. The average Bonchev–Trinajstić information content (AvgIpc) is 3.38. The van der Waals surface area contributed by atoms with Crippen LogP contribution in [-0.4, -0.2) is 43.5 Å². The molecule has 1 amide bonds. The molecule has 0 aromatic heterocycles. The smallest absolute Gasteiger partial charge is 0.207 e. The summed E-state index contributed by atoms with van der Waals surface area (Å²) in [6.45, 7) is 4.21. The standard InChI is InChI=1S/C20H29N3O/c1-21-20-12-19(20,13-20)8-7-18(9-10-22-16-24)14-23(15-18)11-17-5-3-2-4-6-17/h2-6,16,21H,7-15H2,1H3,(H,22,24). The van der Waals surface area contributed by atoms with Gasteiger partial charge in [0.15, 0.2) is 0 Å². The monoisotopic (exact) mass is 327 g/mol. The Morgan fingerprint density at radius 3 is 2.50 bits per heavy atom. The van der Waals surface area contributed by atoms with Crippen molar-refractivity contribution in [2.75, 3.05) is 26.7 Å². The maximum Gasteiger partial charge on any atom is 0.207 e. The third kappa shape index (κ3) is 2.76. The van der Waals surface area contributed by atoms with Crippen LogP contribution in [0.2, 0.25) is 0 Å². The Kier molecular flexibility index (Phi) is 3.92. The molecule has 1 aliphatic heterocycles. The lowest BCUT2D eigenvalue weighted by atomic mass is 9.72. The molecule has 1 saturated heterocycles. The van der Waals surface area contributed by atoms with E-state index in [1.807, 2.05) is 0 Å². The highest BCUT2D eigenvalue weighted by Crippen LogP contribution is 2.81. The fraction of sp³-hybridized carbons (Fsp3) is 0.650. The van der Waals surface area contributed by atoms with Gasteiger partial charge in [0.1, 0.15) is 0 Å². The van der Waals surface area contributed by atoms with E-state index in [1.54, 1.807) is 0 Å². The molecule has 4 heteroatoms. The van der Waals surface area contributed by atoms with Crippen molar-refractivity contribution in [3.05, 3.63) is 35.9 Å². The van der Waals surface area contributed by atoms with Crippen molar-refractivity contribution < 1.29 is 4.79 Å². The molecule has 0 radical (unpaired) electrons. The molecule has 3 fully saturated rings. The number of amides is 1. The molecule has 0 spiro atoms. The minimum atomic E-state index is 0.407. The summed E-state index contributed by atoms with van der Waals surface area (Å²) in [6, 6.07) is 10.7. The van der Waals surface area contributed by atoms with Crippen LogP contribution in [0.4, 0.5) is 0 Å². The quantitative estimate of drug-likeness (QED) is 0.511. The van der Waals surface area contributed by atoms with Crippen molar-refractivity contribution >= 4 is 6.41 Å². The summed E-state index contributed by atoms with van der Waals surface area (Å²) in [5.41, 5.74) is 2.95. The Morgan fingerprint density at radius 1 is 1.12 bits per heavy atom. The summed E-state index contributed by atoms with van der Waals surface area (Å²) in [7, 11) is 2.11. The Balaban J connectivity index is 1.30. The van der Waals surface area contributed by atoms with E-state index >= 15 is 0 Å². The van der Waals surface area contributed by atoms with Crippen molar-refractivity contribution in [3.8, 4) is 0 Å². The molecule has 0 atom stereocenters. The van der Waals surface area contributed by atoms with E-state index in [4.69, 9.17) is 0 Å². The third-order valence-electron chi connectivity index (χ3n) is 6.91. The molecule has 1 heterocycles. The molecule has 4 nitrogen and oxygen atoms in total. The van der Waals surface area contributed by atoms with Crippen LogP contribution in [0.5, 0.6) is 0 Å². The zero-order chi connectivity index (χ0) is 16.7. The Bertz CT molecular complexity index is 588. The number of rotatable bonds is 10. The second-order valence-electron chi connectivity index (χ2n) is 8.42. The van der Waals surface area contributed by atoms with Crippen LogP contribution in [0.15, 0.2) is 30.3 Å². The zero-order valence-corrected chi connectivity index (χ0v) is 14.7. The van der Waals surface area contributed by atoms with Gasteiger partial charge in [-0.3, -0.25) is 9.69 Å². The lowest BCUT2D eigenvalue weighted by Crippen LogP contribution is -2.56. The first-order chi connectivity index (χ1) is 11.6. The van der Waals surface area contributed by atoms with Crippen LogP contribution < -0.4 is 10.6 Å². The molecule has 0 bridgehead atoms. The second-order valence-corrected chi connectivity index (χ2v) is 8.42. The van der Waals surface area contributed by atoms with Gasteiger partial charge in [-0.05, 0) is 55.5 Å². The maximum atomic E-state index is 10.6. The van der Waals surface area contributed by atoms with Crippen molar-refractivity contribution in [2.45, 2.75) is 44.2 Å². The lowest BCUT2D eigenvalue weighted by molar-refractivity contribution is -0.109. The van der Waals surface area contributed by atoms with Crippen LogP contribution in [0.25, 0.3) is 0 Å². The molecule has 130 valence electrons. The van der Waals surface area contributed by atoms with E-state index in [-0.39, 0.29) is 0 Å². The summed E-state index contributed by atoms with van der Waals surface area (Å²) < 4.78 is 0. The summed E-state index contributed by atoms with van der Waals surface area (Å²) in [6.07, 6.45) is 7.37. The molecule has 24 heavy (non-hydrogen) atoms. The van der Waals surface area contributed by atoms with E-state index in [2.05, 4.69) is 52.9 Å². The first-order valence-corrected chi connectivity index (χ1v) is 9.27. The normalized spacial score (nSPS) is 32.5.